The molecule has 0 fully saturated rings. The summed E-state index contributed by atoms with van der Waals surface area (Å²) in [6, 6.07) is 18.4. The highest BCUT2D eigenvalue weighted by Crippen LogP contribution is 2.29. The zero-order valence-corrected chi connectivity index (χ0v) is 12.1. The normalized spacial score (nSPS) is 11.8. The summed E-state index contributed by atoms with van der Waals surface area (Å²) in [6.07, 6.45) is 0. The smallest absolute Gasteiger partial charge is 0.208 e. The zero-order valence-electron chi connectivity index (χ0n) is 12.1. The van der Waals surface area contributed by atoms with E-state index >= 15 is 0 Å². The third-order valence-electron chi connectivity index (χ3n) is 3.26. The SMILES string of the molecule is CC(C)(C)n1c(Nc2ccccc2)nc2ccccc21. The van der Waals surface area contributed by atoms with E-state index in [1.54, 1.807) is 0 Å². The molecule has 0 spiro atoms. The Kier molecular flexibility index (Phi) is 2.97. The van der Waals surface area contributed by atoms with Crippen molar-refractivity contribution >= 4 is 22.7 Å². The largest absolute Gasteiger partial charge is 0.326 e. The van der Waals surface area contributed by atoms with E-state index in [9.17, 15) is 0 Å². The van der Waals surface area contributed by atoms with E-state index in [0.29, 0.717) is 0 Å². The standard InChI is InChI=1S/C17H19N3/c1-17(2,3)20-15-12-8-7-11-14(15)19-16(20)18-13-9-5-4-6-10-13/h4-12H,1-3H3,(H,18,19). The lowest BCUT2D eigenvalue weighted by molar-refractivity contribution is 0.414. The Hall–Kier alpha value is -2.29. The zero-order chi connectivity index (χ0) is 14.2. The van der Waals surface area contributed by atoms with E-state index in [-0.39, 0.29) is 5.54 Å². The molecule has 0 bridgehead atoms. The predicted molar refractivity (Wildman–Crippen MR) is 84.5 cm³/mol. The van der Waals surface area contributed by atoms with E-state index in [2.05, 4.69) is 42.8 Å². The number of nitrogens with zero attached hydrogens (tertiary/aromatic N) is 2. The fourth-order valence-corrected chi connectivity index (χ4v) is 2.44. The van der Waals surface area contributed by atoms with Gasteiger partial charge in [-0.05, 0) is 45.0 Å². The number of rotatable bonds is 2. The number of hydrogen-bond acceptors (Lipinski definition) is 2. The second-order valence-electron chi connectivity index (χ2n) is 5.92. The van der Waals surface area contributed by atoms with Crippen LogP contribution in [0.25, 0.3) is 11.0 Å². The van der Waals surface area contributed by atoms with Crippen LogP contribution in [-0.4, -0.2) is 9.55 Å². The first-order valence-electron chi connectivity index (χ1n) is 6.86. The maximum atomic E-state index is 4.73. The Balaban J connectivity index is 2.15. The van der Waals surface area contributed by atoms with Crippen molar-refractivity contribution in [1.82, 2.24) is 9.55 Å². The van der Waals surface area contributed by atoms with Crippen LogP contribution >= 0.6 is 0 Å². The molecule has 20 heavy (non-hydrogen) atoms. The van der Waals surface area contributed by atoms with Gasteiger partial charge in [-0.15, -0.1) is 0 Å². The summed E-state index contributed by atoms with van der Waals surface area (Å²) >= 11 is 0. The van der Waals surface area contributed by atoms with E-state index < -0.39 is 0 Å². The number of hydrogen-bond donors (Lipinski definition) is 1. The maximum Gasteiger partial charge on any atom is 0.208 e. The number of aromatic nitrogens is 2. The van der Waals surface area contributed by atoms with E-state index in [0.717, 1.165) is 22.7 Å². The molecule has 0 aliphatic carbocycles. The number of fused-ring (bicyclic) bond motifs is 1. The van der Waals surface area contributed by atoms with Gasteiger partial charge < -0.3 is 9.88 Å². The van der Waals surface area contributed by atoms with Crippen LogP contribution in [0.2, 0.25) is 0 Å². The number of para-hydroxylation sites is 3. The van der Waals surface area contributed by atoms with Crippen LogP contribution in [0, 0.1) is 0 Å². The third kappa shape index (κ3) is 2.27. The lowest BCUT2D eigenvalue weighted by Crippen LogP contribution is -2.23. The molecule has 0 aliphatic heterocycles. The molecule has 1 heterocycles. The number of nitrogens with one attached hydrogen (secondary N) is 1. The lowest BCUT2D eigenvalue weighted by atomic mass is 10.1. The fraction of sp³-hybridized carbons (Fsp3) is 0.235. The summed E-state index contributed by atoms with van der Waals surface area (Å²) in [5, 5.41) is 3.42. The first kappa shape index (κ1) is 12.7. The van der Waals surface area contributed by atoms with Gasteiger partial charge in [0.1, 0.15) is 0 Å². The minimum absolute atomic E-state index is 0.0345. The predicted octanol–water partition coefficient (Wildman–Crippen LogP) is 4.53. The van der Waals surface area contributed by atoms with Gasteiger partial charge in [-0.25, -0.2) is 4.98 Å². The highest BCUT2D eigenvalue weighted by Gasteiger charge is 2.21. The molecule has 1 N–H and O–H groups in total. The van der Waals surface area contributed by atoms with Gasteiger partial charge in [0.25, 0.3) is 0 Å². The molecule has 3 aromatic rings. The first-order valence-corrected chi connectivity index (χ1v) is 6.86. The minimum Gasteiger partial charge on any atom is -0.326 e. The van der Waals surface area contributed by atoms with Gasteiger partial charge in [0, 0.05) is 11.2 Å². The van der Waals surface area contributed by atoms with Crippen LogP contribution in [0.1, 0.15) is 20.8 Å². The second kappa shape index (κ2) is 4.67. The van der Waals surface area contributed by atoms with Crippen molar-refractivity contribution in [2.24, 2.45) is 0 Å². The molecule has 0 atom stereocenters. The van der Waals surface area contributed by atoms with Crippen molar-refractivity contribution in [3.05, 3.63) is 54.6 Å². The summed E-state index contributed by atoms with van der Waals surface area (Å²) in [5.74, 6) is 0.880. The maximum absolute atomic E-state index is 4.73. The molecule has 0 saturated heterocycles. The quantitative estimate of drug-likeness (QED) is 0.737. The molecule has 3 rings (SSSR count). The topological polar surface area (TPSA) is 29.9 Å². The number of anilines is 2. The van der Waals surface area contributed by atoms with Crippen LogP contribution in [-0.2, 0) is 5.54 Å². The van der Waals surface area contributed by atoms with Crippen molar-refractivity contribution < 1.29 is 0 Å². The molecule has 102 valence electrons. The van der Waals surface area contributed by atoms with Gasteiger partial charge >= 0.3 is 0 Å². The van der Waals surface area contributed by atoms with E-state index in [4.69, 9.17) is 4.98 Å². The second-order valence-corrected chi connectivity index (χ2v) is 5.92. The summed E-state index contributed by atoms with van der Waals surface area (Å²) in [5.41, 5.74) is 3.18. The van der Waals surface area contributed by atoms with Crippen molar-refractivity contribution in [3.8, 4) is 0 Å². The monoisotopic (exact) mass is 265 g/mol. The molecule has 3 nitrogen and oxygen atoms in total. The summed E-state index contributed by atoms with van der Waals surface area (Å²) in [6.45, 7) is 6.58. The fourth-order valence-electron chi connectivity index (χ4n) is 2.44. The number of benzene rings is 2. The highest BCUT2D eigenvalue weighted by molar-refractivity contribution is 5.80. The van der Waals surface area contributed by atoms with E-state index in [1.165, 1.54) is 0 Å². The van der Waals surface area contributed by atoms with Crippen molar-refractivity contribution in [2.75, 3.05) is 5.32 Å². The van der Waals surface area contributed by atoms with Crippen LogP contribution in [0.3, 0.4) is 0 Å². The molecular weight excluding hydrogens is 246 g/mol. The molecule has 0 unspecified atom stereocenters. The molecule has 3 heteroatoms. The average molecular weight is 265 g/mol. The van der Waals surface area contributed by atoms with Crippen LogP contribution in [0.5, 0.6) is 0 Å². The van der Waals surface area contributed by atoms with Gasteiger partial charge in [0.15, 0.2) is 0 Å². The summed E-state index contributed by atoms with van der Waals surface area (Å²) in [4.78, 5) is 4.73. The van der Waals surface area contributed by atoms with Gasteiger partial charge in [-0.1, -0.05) is 30.3 Å². The molecule has 0 saturated carbocycles. The summed E-state index contributed by atoms with van der Waals surface area (Å²) < 4.78 is 2.25. The van der Waals surface area contributed by atoms with Gasteiger partial charge in [-0.2, -0.15) is 0 Å². The third-order valence-corrected chi connectivity index (χ3v) is 3.26. The van der Waals surface area contributed by atoms with Gasteiger partial charge in [-0.3, -0.25) is 0 Å². The molecule has 1 aromatic heterocycles. The lowest BCUT2D eigenvalue weighted by Gasteiger charge is -2.24. The Labute approximate surface area is 119 Å². The molecule has 0 aliphatic rings. The molecule has 2 aromatic carbocycles. The van der Waals surface area contributed by atoms with Crippen molar-refractivity contribution in [1.29, 1.82) is 0 Å². The average Bonchev–Trinajstić information content (AvgIpc) is 2.77. The number of imidazole rings is 1. The van der Waals surface area contributed by atoms with Crippen LogP contribution < -0.4 is 5.32 Å². The molecule has 0 radical (unpaired) electrons. The Morgan fingerprint density at radius 2 is 1.55 bits per heavy atom. The van der Waals surface area contributed by atoms with E-state index in [1.807, 2.05) is 42.5 Å². The Bertz CT molecular complexity index is 721. The Morgan fingerprint density at radius 1 is 0.900 bits per heavy atom. The molecule has 0 amide bonds. The van der Waals surface area contributed by atoms with Gasteiger partial charge in [0.2, 0.25) is 5.95 Å². The minimum atomic E-state index is -0.0345. The molecular formula is C17H19N3. The van der Waals surface area contributed by atoms with Crippen LogP contribution in [0.4, 0.5) is 11.6 Å². The van der Waals surface area contributed by atoms with Crippen molar-refractivity contribution in [2.45, 2.75) is 26.3 Å². The van der Waals surface area contributed by atoms with Crippen molar-refractivity contribution in [3.63, 3.8) is 0 Å². The first-order chi connectivity index (χ1) is 9.55. The van der Waals surface area contributed by atoms with Gasteiger partial charge in [0.05, 0.1) is 11.0 Å². The highest BCUT2D eigenvalue weighted by atomic mass is 15.2. The van der Waals surface area contributed by atoms with Crippen LogP contribution in [0.15, 0.2) is 54.6 Å². The Morgan fingerprint density at radius 3 is 2.25 bits per heavy atom. The summed E-state index contributed by atoms with van der Waals surface area (Å²) in [7, 11) is 0.